The van der Waals surface area contributed by atoms with Gasteiger partial charge < -0.3 is 10.5 Å². The van der Waals surface area contributed by atoms with Gasteiger partial charge in [0.2, 0.25) is 0 Å². The van der Waals surface area contributed by atoms with Crippen molar-refractivity contribution in [2.24, 2.45) is 24.1 Å². The molecule has 1 atom stereocenters. The lowest BCUT2D eigenvalue weighted by Gasteiger charge is -2.37. The molecule has 3 fully saturated rings. The molecule has 1 saturated carbocycles. The molecule has 2 N–H and O–H groups in total. The lowest BCUT2D eigenvalue weighted by molar-refractivity contribution is 0.000939. The molecular weight excluding hydrogens is 278 g/mol. The zero-order valence-electron chi connectivity index (χ0n) is 13.5. The van der Waals surface area contributed by atoms with E-state index in [0.717, 1.165) is 63.9 Å². The quantitative estimate of drug-likeness (QED) is 0.894. The van der Waals surface area contributed by atoms with Crippen LogP contribution in [0.2, 0.25) is 0 Å². The molecule has 0 amide bonds. The number of hydrogen-bond acceptors (Lipinski definition) is 5. The van der Waals surface area contributed by atoms with Crippen molar-refractivity contribution < 1.29 is 4.74 Å². The number of aryl methyl sites for hydroxylation is 1. The molecular formula is C16H27N5O. The first-order chi connectivity index (χ1) is 10.7. The standard InChI is InChI=1S/C16H27N5O/c1-20-14(18-15(19-20)12-2-3-12)10-21-9-13(8-17)16(11-21)4-6-22-7-5-16/h12-13H,2-11,17H2,1H3. The fourth-order valence-corrected chi connectivity index (χ4v) is 4.22. The summed E-state index contributed by atoms with van der Waals surface area (Å²) in [4.78, 5) is 7.31. The first-order valence-electron chi connectivity index (χ1n) is 8.60. The molecule has 2 saturated heterocycles. The first-order valence-corrected chi connectivity index (χ1v) is 8.60. The van der Waals surface area contributed by atoms with Crippen molar-refractivity contribution in [1.82, 2.24) is 19.7 Å². The van der Waals surface area contributed by atoms with Crippen LogP contribution < -0.4 is 5.73 Å². The highest BCUT2D eigenvalue weighted by Crippen LogP contribution is 2.44. The maximum Gasteiger partial charge on any atom is 0.154 e. The molecule has 3 heterocycles. The van der Waals surface area contributed by atoms with Gasteiger partial charge in [0, 0.05) is 39.3 Å². The van der Waals surface area contributed by atoms with Crippen LogP contribution in [0.5, 0.6) is 0 Å². The van der Waals surface area contributed by atoms with Gasteiger partial charge in [-0.3, -0.25) is 9.58 Å². The third-order valence-corrected chi connectivity index (χ3v) is 5.83. The highest BCUT2D eigenvalue weighted by molar-refractivity contribution is 5.07. The van der Waals surface area contributed by atoms with Crippen LogP contribution in [0, 0.1) is 11.3 Å². The van der Waals surface area contributed by atoms with Crippen LogP contribution >= 0.6 is 0 Å². The number of hydrogen-bond donors (Lipinski definition) is 1. The summed E-state index contributed by atoms with van der Waals surface area (Å²) in [5.74, 6) is 3.36. The predicted molar refractivity (Wildman–Crippen MR) is 83.3 cm³/mol. The van der Waals surface area contributed by atoms with Crippen molar-refractivity contribution in [3.05, 3.63) is 11.6 Å². The number of ether oxygens (including phenoxy) is 1. The Bertz CT molecular complexity index is 533. The van der Waals surface area contributed by atoms with Gasteiger partial charge in [-0.1, -0.05) is 0 Å². The van der Waals surface area contributed by atoms with E-state index in [0.29, 0.717) is 17.3 Å². The van der Waals surface area contributed by atoms with Crippen molar-refractivity contribution in [1.29, 1.82) is 0 Å². The Morgan fingerprint density at radius 2 is 2.09 bits per heavy atom. The lowest BCUT2D eigenvalue weighted by atomic mass is 9.72. The molecule has 0 radical (unpaired) electrons. The topological polar surface area (TPSA) is 69.2 Å². The summed E-state index contributed by atoms with van der Waals surface area (Å²) in [5, 5.41) is 4.59. The van der Waals surface area contributed by atoms with E-state index in [1.165, 1.54) is 12.8 Å². The van der Waals surface area contributed by atoms with Gasteiger partial charge in [-0.05, 0) is 43.6 Å². The van der Waals surface area contributed by atoms with Crippen molar-refractivity contribution in [3.63, 3.8) is 0 Å². The fourth-order valence-electron chi connectivity index (χ4n) is 4.22. The van der Waals surface area contributed by atoms with E-state index in [2.05, 4.69) is 10.00 Å². The van der Waals surface area contributed by atoms with Gasteiger partial charge in [0.15, 0.2) is 5.82 Å². The SMILES string of the molecule is Cn1nc(C2CC2)nc1CN1CC(CN)C2(CCOCC2)C1. The smallest absolute Gasteiger partial charge is 0.154 e. The number of aromatic nitrogens is 3. The first kappa shape index (κ1) is 14.6. The van der Waals surface area contributed by atoms with Gasteiger partial charge in [-0.15, -0.1) is 0 Å². The number of rotatable bonds is 4. The van der Waals surface area contributed by atoms with Crippen LogP contribution in [-0.4, -0.2) is 52.5 Å². The summed E-state index contributed by atoms with van der Waals surface area (Å²) in [6.07, 6.45) is 4.81. The van der Waals surface area contributed by atoms with Crippen molar-refractivity contribution >= 4 is 0 Å². The Kier molecular flexibility index (Phi) is 3.71. The highest BCUT2D eigenvalue weighted by Gasteiger charge is 2.46. The third-order valence-electron chi connectivity index (χ3n) is 5.83. The van der Waals surface area contributed by atoms with E-state index in [4.69, 9.17) is 15.5 Å². The zero-order valence-corrected chi connectivity index (χ0v) is 13.5. The van der Waals surface area contributed by atoms with Gasteiger partial charge in [0.05, 0.1) is 6.54 Å². The number of likely N-dealkylation sites (tertiary alicyclic amines) is 1. The molecule has 1 spiro atoms. The van der Waals surface area contributed by atoms with Crippen LogP contribution in [0.25, 0.3) is 0 Å². The molecule has 6 heteroatoms. The van der Waals surface area contributed by atoms with Gasteiger partial charge >= 0.3 is 0 Å². The molecule has 0 bridgehead atoms. The minimum absolute atomic E-state index is 0.366. The molecule has 6 nitrogen and oxygen atoms in total. The molecule has 4 rings (SSSR count). The summed E-state index contributed by atoms with van der Waals surface area (Å²) in [6, 6.07) is 0. The largest absolute Gasteiger partial charge is 0.381 e. The Hall–Kier alpha value is -0.980. The van der Waals surface area contributed by atoms with Gasteiger partial charge in [0.25, 0.3) is 0 Å². The summed E-state index contributed by atoms with van der Waals surface area (Å²) < 4.78 is 7.54. The van der Waals surface area contributed by atoms with E-state index >= 15 is 0 Å². The van der Waals surface area contributed by atoms with Crippen LogP contribution in [0.4, 0.5) is 0 Å². The number of nitrogens with zero attached hydrogens (tertiary/aromatic N) is 4. The number of nitrogens with two attached hydrogens (primary N) is 1. The average Bonchev–Trinajstić information content (AvgIpc) is 3.24. The zero-order chi connectivity index (χ0) is 15.2. The Labute approximate surface area is 132 Å². The molecule has 0 aromatic carbocycles. The second kappa shape index (κ2) is 5.58. The van der Waals surface area contributed by atoms with Crippen LogP contribution in [0.3, 0.4) is 0 Å². The van der Waals surface area contributed by atoms with Crippen LogP contribution in [-0.2, 0) is 18.3 Å². The molecule has 122 valence electrons. The Morgan fingerprint density at radius 1 is 1.32 bits per heavy atom. The Balaban J connectivity index is 1.47. The fraction of sp³-hybridized carbons (Fsp3) is 0.875. The summed E-state index contributed by atoms with van der Waals surface area (Å²) in [6.45, 7) is 5.67. The molecule has 1 aromatic heterocycles. The maximum absolute atomic E-state index is 6.08. The molecule has 1 unspecified atom stereocenters. The summed E-state index contributed by atoms with van der Waals surface area (Å²) in [5.41, 5.74) is 6.44. The minimum Gasteiger partial charge on any atom is -0.381 e. The average molecular weight is 305 g/mol. The van der Waals surface area contributed by atoms with Crippen molar-refractivity contribution in [2.45, 2.75) is 38.1 Å². The molecule has 2 aliphatic heterocycles. The van der Waals surface area contributed by atoms with Gasteiger partial charge in [-0.2, -0.15) is 5.10 Å². The van der Waals surface area contributed by atoms with Gasteiger partial charge in [0.1, 0.15) is 5.82 Å². The van der Waals surface area contributed by atoms with Crippen molar-refractivity contribution in [3.8, 4) is 0 Å². The monoisotopic (exact) mass is 305 g/mol. The van der Waals surface area contributed by atoms with Crippen LogP contribution in [0.1, 0.15) is 43.3 Å². The van der Waals surface area contributed by atoms with E-state index in [-0.39, 0.29) is 0 Å². The molecule has 22 heavy (non-hydrogen) atoms. The molecule has 1 aliphatic carbocycles. The summed E-state index contributed by atoms with van der Waals surface area (Å²) >= 11 is 0. The van der Waals surface area contributed by atoms with E-state index < -0.39 is 0 Å². The maximum atomic E-state index is 6.08. The van der Waals surface area contributed by atoms with Crippen LogP contribution in [0.15, 0.2) is 0 Å². The highest BCUT2D eigenvalue weighted by atomic mass is 16.5. The molecule has 3 aliphatic rings. The minimum atomic E-state index is 0.366. The van der Waals surface area contributed by atoms with E-state index in [1.54, 1.807) is 0 Å². The second-order valence-electron chi connectivity index (χ2n) is 7.36. The van der Waals surface area contributed by atoms with E-state index in [9.17, 15) is 0 Å². The Morgan fingerprint density at radius 3 is 2.77 bits per heavy atom. The lowest BCUT2D eigenvalue weighted by Crippen LogP contribution is -2.39. The predicted octanol–water partition coefficient (Wildman–Crippen LogP) is 0.880. The summed E-state index contributed by atoms with van der Waals surface area (Å²) in [7, 11) is 2.02. The van der Waals surface area contributed by atoms with Gasteiger partial charge in [-0.25, -0.2) is 4.98 Å². The normalized spacial score (nSPS) is 28.5. The van der Waals surface area contributed by atoms with E-state index in [1.807, 2.05) is 11.7 Å². The molecule has 1 aromatic rings. The third kappa shape index (κ3) is 2.57. The van der Waals surface area contributed by atoms with Crippen molar-refractivity contribution in [2.75, 3.05) is 32.8 Å². The second-order valence-corrected chi connectivity index (χ2v) is 7.36.